The van der Waals surface area contributed by atoms with Crippen LogP contribution >= 0.6 is 0 Å². The summed E-state index contributed by atoms with van der Waals surface area (Å²) in [6.45, 7) is 5.96. The van der Waals surface area contributed by atoms with Crippen molar-refractivity contribution in [1.82, 2.24) is 9.44 Å². The van der Waals surface area contributed by atoms with Crippen LogP contribution in [0.15, 0.2) is 48.5 Å². The van der Waals surface area contributed by atoms with Gasteiger partial charge in [0.2, 0.25) is 20.0 Å². The molecule has 1 atom stereocenters. The fraction of sp³-hybridized carbons (Fsp3) is 0.455. The molecule has 31 heavy (non-hydrogen) atoms. The highest BCUT2D eigenvalue weighted by atomic mass is 32.2. The first-order chi connectivity index (χ1) is 14.6. The maximum absolute atomic E-state index is 11.8. The molecule has 0 aromatic heterocycles. The largest absolute Gasteiger partial charge is 0.489 e. The molecule has 7 nitrogen and oxygen atoms in total. The normalized spacial score (nSPS) is 13.1. The van der Waals surface area contributed by atoms with Gasteiger partial charge >= 0.3 is 0 Å². The smallest absolute Gasteiger partial charge is 0.211 e. The van der Waals surface area contributed by atoms with Crippen LogP contribution in [-0.4, -0.2) is 41.0 Å². The lowest BCUT2D eigenvalue weighted by atomic mass is 10.0. The number of rotatable bonds is 13. The second-order valence-corrected chi connectivity index (χ2v) is 11.3. The topological polar surface area (TPSA) is 102 Å². The molecule has 0 saturated heterocycles. The fourth-order valence-corrected chi connectivity index (χ4v) is 5.17. The van der Waals surface area contributed by atoms with Crippen LogP contribution in [-0.2, 0) is 26.6 Å². The average Bonchev–Trinajstić information content (AvgIpc) is 2.72. The number of sulfonamides is 2. The molecule has 0 radical (unpaired) electrons. The zero-order valence-corrected chi connectivity index (χ0v) is 19.9. The summed E-state index contributed by atoms with van der Waals surface area (Å²) in [5, 5.41) is 0. The van der Waals surface area contributed by atoms with Crippen molar-refractivity contribution in [3.8, 4) is 16.9 Å². The van der Waals surface area contributed by atoms with Crippen molar-refractivity contribution < 1.29 is 21.6 Å². The van der Waals surface area contributed by atoms with Gasteiger partial charge in [-0.3, -0.25) is 0 Å². The van der Waals surface area contributed by atoms with E-state index in [2.05, 4.69) is 9.44 Å². The van der Waals surface area contributed by atoms with Gasteiger partial charge in [-0.1, -0.05) is 50.2 Å². The first kappa shape index (κ1) is 25.3. The van der Waals surface area contributed by atoms with Gasteiger partial charge in [0.15, 0.2) is 0 Å². The van der Waals surface area contributed by atoms with Crippen molar-refractivity contribution in [2.75, 3.05) is 18.1 Å². The number of hydrogen-bond acceptors (Lipinski definition) is 5. The summed E-state index contributed by atoms with van der Waals surface area (Å²) in [4.78, 5) is 0. The van der Waals surface area contributed by atoms with Gasteiger partial charge < -0.3 is 4.74 Å². The first-order valence-electron chi connectivity index (χ1n) is 10.4. The summed E-state index contributed by atoms with van der Waals surface area (Å²) in [7, 11) is -6.47. The summed E-state index contributed by atoms with van der Waals surface area (Å²) < 4.78 is 57.9. The van der Waals surface area contributed by atoms with Gasteiger partial charge in [0.25, 0.3) is 0 Å². The summed E-state index contributed by atoms with van der Waals surface area (Å²) >= 11 is 0. The van der Waals surface area contributed by atoms with Crippen LogP contribution in [0.2, 0.25) is 0 Å². The predicted molar refractivity (Wildman–Crippen MR) is 125 cm³/mol. The van der Waals surface area contributed by atoms with Crippen molar-refractivity contribution in [2.24, 2.45) is 0 Å². The van der Waals surface area contributed by atoms with Gasteiger partial charge in [-0.2, -0.15) is 0 Å². The first-order valence-corrected chi connectivity index (χ1v) is 13.7. The van der Waals surface area contributed by atoms with Crippen LogP contribution in [0.3, 0.4) is 0 Å². The molecule has 0 spiro atoms. The minimum atomic E-state index is -3.25. The van der Waals surface area contributed by atoms with Crippen LogP contribution in [0.25, 0.3) is 11.1 Å². The van der Waals surface area contributed by atoms with Crippen LogP contribution in [0.5, 0.6) is 5.75 Å². The molecule has 1 unspecified atom stereocenters. The van der Waals surface area contributed by atoms with Crippen molar-refractivity contribution in [1.29, 1.82) is 0 Å². The maximum atomic E-state index is 11.8. The summed E-state index contributed by atoms with van der Waals surface area (Å²) in [6.07, 6.45) is 0.858. The third kappa shape index (κ3) is 8.98. The SMILES string of the molecule is CCCS(=O)(=O)NCc1ccc(-c2ccc(OC(C)CNS(=O)(=O)CCC)cc2)cc1. The molecule has 0 saturated carbocycles. The van der Waals surface area contributed by atoms with Gasteiger partial charge in [0, 0.05) is 13.1 Å². The highest BCUT2D eigenvalue weighted by Gasteiger charge is 2.12. The standard InChI is InChI=1S/C22H32N2O5S2/c1-4-14-30(25,26)23-16-18(3)29-22-12-10-21(11-13-22)20-8-6-19(7-9-20)17-24-31(27,28)15-5-2/h6-13,18,23-24H,4-5,14-17H2,1-3H3. The van der Waals surface area contributed by atoms with Gasteiger partial charge in [-0.05, 0) is 48.6 Å². The Kier molecular flexibility index (Phi) is 9.49. The second-order valence-electron chi connectivity index (χ2n) is 7.46. The van der Waals surface area contributed by atoms with Gasteiger partial charge in [-0.15, -0.1) is 0 Å². The Morgan fingerprint density at radius 2 is 1.26 bits per heavy atom. The Balaban J connectivity index is 1.91. The molecule has 0 fully saturated rings. The zero-order valence-electron chi connectivity index (χ0n) is 18.3. The minimum absolute atomic E-state index is 0.109. The molecule has 9 heteroatoms. The average molecular weight is 469 g/mol. The molecule has 0 heterocycles. The number of ether oxygens (including phenoxy) is 1. The van der Waals surface area contributed by atoms with Crippen molar-refractivity contribution in [3.05, 3.63) is 54.1 Å². The summed E-state index contributed by atoms with van der Waals surface area (Å²) in [5.41, 5.74) is 2.90. The van der Waals surface area contributed by atoms with E-state index in [1.54, 1.807) is 0 Å². The lowest BCUT2D eigenvalue weighted by Crippen LogP contribution is -2.34. The number of benzene rings is 2. The minimum Gasteiger partial charge on any atom is -0.489 e. The van der Waals surface area contributed by atoms with Crippen LogP contribution in [0, 0.1) is 0 Å². The quantitative estimate of drug-likeness (QED) is 0.470. The van der Waals surface area contributed by atoms with E-state index in [4.69, 9.17) is 4.74 Å². The van der Waals surface area contributed by atoms with Gasteiger partial charge in [0.1, 0.15) is 11.9 Å². The molecule has 2 N–H and O–H groups in total. The zero-order chi connectivity index (χ0) is 22.9. The monoisotopic (exact) mass is 468 g/mol. The molecule has 172 valence electrons. The van der Waals surface area contributed by atoms with Gasteiger partial charge in [0.05, 0.1) is 11.5 Å². The van der Waals surface area contributed by atoms with E-state index < -0.39 is 20.0 Å². The van der Waals surface area contributed by atoms with Crippen molar-refractivity contribution in [2.45, 2.75) is 46.3 Å². The molecule has 2 aromatic carbocycles. The van der Waals surface area contributed by atoms with Crippen molar-refractivity contribution >= 4 is 20.0 Å². The van der Waals surface area contributed by atoms with Crippen molar-refractivity contribution in [3.63, 3.8) is 0 Å². The third-order valence-corrected chi connectivity index (χ3v) is 7.59. The van der Waals surface area contributed by atoms with Gasteiger partial charge in [-0.25, -0.2) is 26.3 Å². The van der Waals surface area contributed by atoms with E-state index in [0.717, 1.165) is 16.7 Å². The summed E-state index contributed by atoms with van der Waals surface area (Å²) in [5.74, 6) is 0.897. The molecule has 0 bridgehead atoms. The van der Waals surface area contributed by atoms with E-state index in [1.807, 2.05) is 69.3 Å². The Hall–Kier alpha value is -1.94. The fourth-order valence-electron chi connectivity index (χ4n) is 2.93. The lowest BCUT2D eigenvalue weighted by molar-refractivity contribution is 0.225. The Labute approximate surface area is 186 Å². The third-order valence-electron chi connectivity index (χ3n) is 4.51. The van der Waals surface area contributed by atoms with E-state index in [1.165, 1.54) is 0 Å². The highest BCUT2D eigenvalue weighted by molar-refractivity contribution is 7.89. The van der Waals surface area contributed by atoms with Crippen LogP contribution in [0.1, 0.15) is 39.2 Å². The predicted octanol–water partition coefficient (Wildman–Crippen LogP) is 3.28. The number of nitrogens with one attached hydrogen (secondary N) is 2. The molecule has 0 aliphatic carbocycles. The molecule has 0 aliphatic heterocycles. The van der Waals surface area contributed by atoms with E-state index in [9.17, 15) is 16.8 Å². The van der Waals surface area contributed by atoms with E-state index in [-0.39, 0.29) is 30.7 Å². The molecule has 2 aromatic rings. The lowest BCUT2D eigenvalue weighted by Gasteiger charge is -2.16. The van der Waals surface area contributed by atoms with E-state index >= 15 is 0 Å². The highest BCUT2D eigenvalue weighted by Crippen LogP contribution is 2.23. The number of hydrogen-bond donors (Lipinski definition) is 2. The molecule has 0 aliphatic rings. The Morgan fingerprint density at radius 3 is 1.77 bits per heavy atom. The van der Waals surface area contributed by atoms with E-state index in [0.29, 0.717) is 18.6 Å². The second kappa shape index (κ2) is 11.6. The molecular formula is C22H32N2O5S2. The molecule has 0 amide bonds. The Bertz CT molecular complexity index is 1020. The maximum Gasteiger partial charge on any atom is 0.211 e. The van der Waals surface area contributed by atoms with Crippen LogP contribution < -0.4 is 14.2 Å². The van der Waals surface area contributed by atoms with Crippen LogP contribution in [0.4, 0.5) is 0 Å². The Morgan fingerprint density at radius 1 is 0.774 bits per heavy atom. The summed E-state index contributed by atoms with van der Waals surface area (Å²) in [6, 6.07) is 15.3. The molecular weight excluding hydrogens is 436 g/mol. The molecule has 2 rings (SSSR count).